The molecular formula is C42H76Cl2P2Ru+2. The molecule has 0 aromatic carbocycles. The van der Waals surface area contributed by atoms with E-state index in [1.165, 1.54) is 39.5 Å². The van der Waals surface area contributed by atoms with Gasteiger partial charge in [0.15, 0.2) is 0 Å². The zero-order chi connectivity index (χ0) is 33.1. The second-order valence-corrected chi connectivity index (χ2v) is 29.0. The SMILES string of the molecule is C1CCC([PH+](C2CCCCC2)C2CCCCC2)CC1.C1CCC([PH+](C2CCCCC2)C2CCCCC2)CC1.CC(C)=CC=[C]=[Ru]([Cl])[Cl]. The predicted octanol–water partition coefficient (Wildman–Crippen LogP) is 15.2. The Morgan fingerprint density at radius 3 is 0.809 bits per heavy atom. The summed E-state index contributed by atoms with van der Waals surface area (Å²) in [5.41, 5.74) is 8.59. The topological polar surface area (TPSA) is 0 Å². The van der Waals surface area contributed by atoms with Crippen LogP contribution >= 0.6 is 35.2 Å². The van der Waals surface area contributed by atoms with Crippen LogP contribution in [0.2, 0.25) is 0 Å². The standard InChI is InChI=1S/2C18H33P.C6H8.2ClH.Ru/c2*1-4-10-16(11-5-1)19(17-12-6-2-7-13-17)18-14-8-3-9-15-18;1-4-5-6(2)3;;;/h2*16-18H,1-15H2;4-5H,2-3H3;2*1H;/q;;;;;+2. The monoisotopic (exact) mass is 814 g/mol. The Morgan fingerprint density at radius 2 is 0.638 bits per heavy atom. The van der Waals surface area contributed by atoms with Crippen molar-refractivity contribution >= 4 is 39.5 Å². The molecule has 0 aliphatic heterocycles. The Bertz CT molecular complexity index is 761. The van der Waals surface area contributed by atoms with Crippen LogP contribution in [0.25, 0.3) is 0 Å². The van der Waals surface area contributed by atoms with Gasteiger partial charge < -0.3 is 0 Å². The van der Waals surface area contributed by atoms with E-state index in [-0.39, 0.29) is 15.8 Å². The second-order valence-electron chi connectivity index (χ2n) is 16.7. The number of allylic oxidation sites excluding steroid dienone is 3. The molecule has 6 rings (SSSR count). The van der Waals surface area contributed by atoms with Gasteiger partial charge in [-0.05, 0) is 154 Å². The molecule has 0 aromatic heterocycles. The molecule has 0 aromatic rings. The minimum atomic E-state index is -1.67. The van der Waals surface area contributed by atoms with E-state index < -0.39 is 13.5 Å². The third kappa shape index (κ3) is 15.5. The van der Waals surface area contributed by atoms with Crippen molar-refractivity contribution in [2.45, 2.75) is 240 Å². The summed E-state index contributed by atoms with van der Waals surface area (Å²) < 4.78 is 2.85. The van der Waals surface area contributed by atoms with E-state index in [1.807, 2.05) is 19.9 Å². The van der Waals surface area contributed by atoms with Crippen molar-refractivity contribution in [1.29, 1.82) is 0 Å². The zero-order valence-electron chi connectivity index (χ0n) is 30.9. The van der Waals surface area contributed by atoms with Crippen molar-refractivity contribution in [3.63, 3.8) is 0 Å². The molecule has 6 fully saturated rings. The molecular weight excluding hydrogens is 738 g/mol. The number of hydrogen-bond donors (Lipinski definition) is 0. The van der Waals surface area contributed by atoms with E-state index in [4.69, 9.17) is 19.4 Å². The summed E-state index contributed by atoms with van der Waals surface area (Å²) in [6.45, 7) is 4.02. The summed E-state index contributed by atoms with van der Waals surface area (Å²) in [6.07, 6.45) is 51.3. The van der Waals surface area contributed by atoms with E-state index in [2.05, 4.69) is 4.26 Å². The van der Waals surface area contributed by atoms with Crippen LogP contribution in [0.4, 0.5) is 0 Å². The molecule has 0 N–H and O–H groups in total. The van der Waals surface area contributed by atoms with Gasteiger partial charge in [0.2, 0.25) is 0 Å². The summed E-state index contributed by atoms with van der Waals surface area (Å²) in [5, 5.41) is 0. The van der Waals surface area contributed by atoms with E-state index in [1.54, 1.807) is 199 Å². The maximum absolute atomic E-state index is 5.50. The van der Waals surface area contributed by atoms with Gasteiger partial charge in [0, 0.05) is 15.8 Å². The fraction of sp³-hybridized carbons (Fsp3) is 0.905. The van der Waals surface area contributed by atoms with E-state index in [9.17, 15) is 0 Å². The third-order valence-corrected chi connectivity index (χ3v) is 23.7. The van der Waals surface area contributed by atoms with Crippen LogP contribution in [0, 0.1) is 0 Å². The molecule has 6 aliphatic carbocycles. The molecule has 0 unspecified atom stereocenters. The fourth-order valence-electron chi connectivity index (χ4n) is 10.9. The van der Waals surface area contributed by atoms with Gasteiger partial charge in [-0.2, -0.15) is 0 Å². The van der Waals surface area contributed by atoms with Crippen LogP contribution in [0.1, 0.15) is 206 Å². The Balaban J connectivity index is 0.000000171. The molecule has 0 atom stereocenters. The predicted molar refractivity (Wildman–Crippen MR) is 219 cm³/mol. The van der Waals surface area contributed by atoms with Crippen LogP contribution in [0.15, 0.2) is 17.7 Å². The first-order chi connectivity index (χ1) is 23.0. The summed E-state index contributed by atoms with van der Waals surface area (Å²) in [4.78, 5) is 0. The third-order valence-electron chi connectivity index (χ3n) is 13.0. The maximum atomic E-state index is 5.50. The normalized spacial score (nSPS) is 25.2. The molecule has 0 heterocycles. The molecule has 5 heteroatoms. The fourth-order valence-corrected chi connectivity index (χ4v) is 22.2. The average molecular weight is 815 g/mol. The van der Waals surface area contributed by atoms with Crippen LogP contribution < -0.4 is 0 Å². The van der Waals surface area contributed by atoms with Crippen molar-refractivity contribution in [3.8, 4) is 0 Å². The average Bonchev–Trinajstić information content (AvgIpc) is 3.12. The molecule has 0 saturated heterocycles. The van der Waals surface area contributed by atoms with Gasteiger partial charge in [0.05, 0.1) is 34.0 Å². The quantitative estimate of drug-likeness (QED) is 0.136. The molecule has 0 nitrogen and oxygen atoms in total. The number of rotatable bonds is 7. The van der Waals surface area contributed by atoms with Gasteiger partial charge in [-0.1, -0.05) is 38.5 Å². The zero-order valence-corrected chi connectivity index (χ0v) is 36.2. The van der Waals surface area contributed by atoms with Crippen molar-refractivity contribution < 1.29 is 13.5 Å². The molecule has 6 aliphatic rings. The van der Waals surface area contributed by atoms with Crippen LogP contribution in [-0.4, -0.2) is 38.2 Å². The van der Waals surface area contributed by atoms with E-state index in [0.29, 0.717) is 0 Å². The van der Waals surface area contributed by atoms with Crippen LogP contribution in [0.5, 0.6) is 0 Å². The van der Waals surface area contributed by atoms with Gasteiger partial charge in [-0.15, -0.1) is 0 Å². The van der Waals surface area contributed by atoms with E-state index in [0.717, 1.165) is 0 Å². The molecule has 47 heavy (non-hydrogen) atoms. The van der Waals surface area contributed by atoms with E-state index >= 15 is 0 Å². The molecule has 0 bridgehead atoms. The Kier molecular flexibility index (Phi) is 21.6. The van der Waals surface area contributed by atoms with Crippen molar-refractivity contribution in [2.24, 2.45) is 0 Å². The Labute approximate surface area is 309 Å². The molecule has 274 valence electrons. The summed E-state index contributed by atoms with van der Waals surface area (Å²) in [5.74, 6) is 0. The minimum absolute atomic E-state index is 0.0465. The summed E-state index contributed by atoms with van der Waals surface area (Å²) in [6, 6.07) is 0. The molecule has 0 radical (unpaired) electrons. The number of hydrogen-bond acceptors (Lipinski definition) is 0. The van der Waals surface area contributed by atoms with Crippen molar-refractivity contribution in [1.82, 2.24) is 0 Å². The van der Waals surface area contributed by atoms with Gasteiger partial charge in [-0.25, -0.2) is 0 Å². The first-order valence-corrected chi connectivity index (χ1v) is 29.8. The second kappa shape index (κ2) is 24.6. The molecule has 0 amide bonds. The molecule has 0 spiro atoms. The Morgan fingerprint density at radius 1 is 0.426 bits per heavy atom. The van der Waals surface area contributed by atoms with Gasteiger partial charge in [-0.3, -0.25) is 0 Å². The summed E-state index contributed by atoms with van der Waals surface area (Å²) in [7, 11) is 10.9. The number of halogens is 2. The van der Waals surface area contributed by atoms with Crippen molar-refractivity contribution in [3.05, 3.63) is 17.7 Å². The van der Waals surface area contributed by atoms with Gasteiger partial charge in [0.25, 0.3) is 0 Å². The Hall–Kier alpha value is 1.45. The van der Waals surface area contributed by atoms with Gasteiger partial charge in [0.1, 0.15) is 0 Å². The first-order valence-electron chi connectivity index (χ1n) is 21.0. The summed E-state index contributed by atoms with van der Waals surface area (Å²) >= 11 is -1.67. The first kappa shape index (κ1) is 41.2. The van der Waals surface area contributed by atoms with Gasteiger partial charge >= 0.3 is 68.7 Å². The van der Waals surface area contributed by atoms with Crippen LogP contribution in [-0.2, 0) is 13.5 Å². The van der Waals surface area contributed by atoms with Crippen molar-refractivity contribution in [2.75, 3.05) is 0 Å². The van der Waals surface area contributed by atoms with Crippen LogP contribution in [0.3, 0.4) is 0 Å². The molecule has 6 saturated carbocycles.